The maximum Gasteiger partial charge on any atom is 0.307 e. The highest BCUT2D eigenvalue weighted by molar-refractivity contribution is 5.87. The van der Waals surface area contributed by atoms with Gasteiger partial charge in [-0.3, -0.25) is 9.59 Å². The fraction of sp³-hybridized carbons (Fsp3) is 0.714. The van der Waals surface area contributed by atoms with Crippen LogP contribution >= 0.6 is 0 Å². The van der Waals surface area contributed by atoms with Crippen molar-refractivity contribution in [2.45, 2.75) is 38.8 Å². The maximum atomic E-state index is 12.3. The molecule has 2 rings (SSSR count). The molecule has 2 aliphatic carbocycles. The average Bonchev–Trinajstić information content (AvgIpc) is 2.86. The summed E-state index contributed by atoms with van der Waals surface area (Å²) < 4.78 is 0. The monoisotopic (exact) mass is 267 g/mol. The fourth-order valence-electron chi connectivity index (χ4n) is 3.43. The topological polar surface area (TPSA) is 86.6 Å². The van der Waals surface area contributed by atoms with E-state index < -0.39 is 23.9 Å². The van der Waals surface area contributed by atoms with E-state index in [4.69, 9.17) is 0 Å². The molecule has 5 heteroatoms. The molecule has 19 heavy (non-hydrogen) atoms. The number of aliphatic hydroxyl groups is 1. The first-order valence-corrected chi connectivity index (χ1v) is 6.79. The molecule has 5 nitrogen and oxygen atoms in total. The zero-order valence-corrected chi connectivity index (χ0v) is 11.2. The number of carbonyl (C=O) groups excluding carboxylic acids is 1. The van der Waals surface area contributed by atoms with Gasteiger partial charge in [0.25, 0.3) is 0 Å². The van der Waals surface area contributed by atoms with E-state index in [-0.39, 0.29) is 23.8 Å². The number of amides is 1. The van der Waals surface area contributed by atoms with Crippen molar-refractivity contribution in [2.75, 3.05) is 0 Å². The van der Waals surface area contributed by atoms with E-state index in [9.17, 15) is 19.8 Å². The van der Waals surface area contributed by atoms with Crippen LogP contribution < -0.4 is 5.32 Å². The van der Waals surface area contributed by atoms with Crippen LogP contribution in [0.4, 0.5) is 0 Å². The summed E-state index contributed by atoms with van der Waals surface area (Å²) in [4.78, 5) is 23.6. The van der Waals surface area contributed by atoms with Crippen LogP contribution in [0, 0.1) is 23.7 Å². The number of hydrogen-bond acceptors (Lipinski definition) is 3. The lowest BCUT2D eigenvalue weighted by molar-refractivity contribution is -0.148. The molecule has 6 unspecified atom stereocenters. The number of carbonyl (C=O) groups is 2. The summed E-state index contributed by atoms with van der Waals surface area (Å²) in [6.07, 6.45) is 4.64. The normalized spacial score (nSPS) is 35.1. The summed E-state index contributed by atoms with van der Waals surface area (Å²) in [6.45, 7) is 3.49. The quantitative estimate of drug-likeness (QED) is 0.643. The summed E-state index contributed by atoms with van der Waals surface area (Å²) in [7, 11) is 0. The van der Waals surface area contributed by atoms with Gasteiger partial charge in [-0.25, -0.2) is 0 Å². The number of fused-ring (bicyclic) bond motifs is 2. The van der Waals surface area contributed by atoms with Crippen LogP contribution in [-0.2, 0) is 9.59 Å². The van der Waals surface area contributed by atoms with Crippen molar-refractivity contribution in [1.29, 1.82) is 0 Å². The first-order chi connectivity index (χ1) is 8.90. The molecule has 6 atom stereocenters. The molecule has 2 bridgehead atoms. The van der Waals surface area contributed by atoms with Crippen LogP contribution in [0.3, 0.4) is 0 Å². The molecule has 0 heterocycles. The summed E-state index contributed by atoms with van der Waals surface area (Å²) in [6, 6.07) is -0.148. The minimum Gasteiger partial charge on any atom is -0.481 e. The first-order valence-electron chi connectivity index (χ1n) is 6.79. The Hall–Kier alpha value is -1.36. The zero-order valence-electron chi connectivity index (χ0n) is 11.2. The van der Waals surface area contributed by atoms with Crippen molar-refractivity contribution in [3.8, 4) is 0 Å². The SMILES string of the molecule is CC(O)CC(C)NC(=O)C1C2C=CC(C2)C1C(=O)O. The van der Waals surface area contributed by atoms with Gasteiger partial charge in [0.2, 0.25) is 5.91 Å². The summed E-state index contributed by atoms with van der Waals surface area (Å²) in [5.74, 6) is -2.12. The molecule has 3 N–H and O–H groups in total. The average molecular weight is 267 g/mol. The molecule has 0 radical (unpaired) electrons. The Morgan fingerprint density at radius 3 is 2.37 bits per heavy atom. The lowest BCUT2D eigenvalue weighted by Gasteiger charge is -2.26. The molecule has 0 saturated heterocycles. The molecular formula is C14H21NO4. The number of carboxylic acid groups (broad SMARTS) is 1. The van der Waals surface area contributed by atoms with Gasteiger partial charge in [-0.2, -0.15) is 0 Å². The lowest BCUT2D eigenvalue weighted by Crippen LogP contribution is -2.44. The van der Waals surface area contributed by atoms with E-state index in [1.54, 1.807) is 6.92 Å². The van der Waals surface area contributed by atoms with Crippen molar-refractivity contribution < 1.29 is 19.8 Å². The standard InChI is InChI=1S/C14H21NO4/c1-7(5-8(2)16)15-13(17)11-9-3-4-10(6-9)12(11)14(18)19/h3-4,7-12,16H,5-6H2,1-2H3,(H,15,17)(H,18,19). The summed E-state index contributed by atoms with van der Waals surface area (Å²) in [5.41, 5.74) is 0. The number of aliphatic hydroxyl groups excluding tert-OH is 1. The predicted octanol–water partition coefficient (Wildman–Crippen LogP) is 0.785. The Labute approximate surface area is 112 Å². The van der Waals surface area contributed by atoms with Gasteiger partial charge < -0.3 is 15.5 Å². The highest BCUT2D eigenvalue weighted by atomic mass is 16.4. The van der Waals surface area contributed by atoms with E-state index in [1.807, 2.05) is 19.1 Å². The summed E-state index contributed by atoms with van der Waals surface area (Å²) >= 11 is 0. The lowest BCUT2D eigenvalue weighted by atomic mass is 9.82. The molecule has 0 aromatic heterocycles. The Morgan fingerprint density at radius 1 is 1.26 bits per heavy atom. The molecule has 0 aliphatic heterocycles. The van der Waals surface area contributed by atoms with E-state index in [0.29, 0.717) is 6.42 Å². The van der Waals surface area contributed by atoms with Crippen LogP contribution in [0.15, 0.2) is 12.2 Å². The van der Waals surface area contributed by atoms with Crippen LogP contribution in [-0.4, -0.2) is 34.2 Å². The van der Waals surface area contributed by atoms with Crippen molar-refractivity contribution in [3.05, 3.63) is 12.2 Å². The van der Waals surface area contributed by atoms with Crippen molar-refractivity contribution in [3.63, 3.8) is 0 Å². The van der Waals surface area contributed by atoms with Crippen LogP contribution in [0.1, 0.15) is 26.7 Å². The zero-order chi connectivity index (χ0) is 14.2. The van der Waals surface area contributed by atoms with E-state index in [0.717, 1.165) is 6.42 Å². The molecule has 2 aliphatic rings. The van der Waals surface area contributed by atoms with Gasteiger partial charge >= 0.3 is 5.97 Å². The third-order valence-corrected chi connectivity index (χ3v) is 4.13. The van der Waals surface area contributed by atoms with Gasteiger partial charge in [-0.15, -0.1) is 0 Å². The number of nitrogens with one attached hydrogen (secondary N) is 1. The van der Waals surface area contributed by atoms with Crippen LogP contribution in [0.5, 0.6) is 0 Å². The fourth-order valence-corrected chi connectivity index (χ4v) is 3.43. The van der Waals surface area contributed by atoms with Gasteiger partial charge in [0.15, 0.2) is 0 Å². The molecular weight excluding hydrogens is 246 g/mol. The molecule has 1 fully saturated rings. The number of allylic oxidation sites excluding steroid dienone is 2. The number of rotatable bonds is 5. The molecule has 1 amide bonds. The largest absolute Gasteiger partial charge is 0.481 e. The Balaban J connectivity index is 2.02. The minimum atomic E-state index is -0.889. The highest BCUT2D eigenvalue weighted by Crippen LogP contribution is 2.48. The van der Waals surface area contributed by atoms with Gasteiger partial charge in [0, 0.05) is 6.04 Å². The molecule has 1 saturated carbocycles. The Bertz CT molecular complexity index is 404. The summed E-state index contributed by atoms with van der Waals surface area (Å²) in [5, 5.41) is 21.4. The van der Waals surface area contributed by atoms with E-state index in [2.05, 4.69) is 5.32 Å². The van der Waals surface area contributed by atoms with E-state index >= 15 is 0 Å². The van der Waals surface area contributed by atoms with Crippen LogP contribution in [0.2, 0.25) is 0 Å². The minimum absolute atomic E-state index is 0.00896. The smallest absolute Gasteiger partial charge is 0.307 e. The molecule has 0 aromatic rings. The third kappa shape index (κ3) is 2.81. The number of carboxylic acids is 1. The van der Waals surface area contributed by atoms with Crippen molar-refractivity contribution >= 4 is 11.9 Å². The maximum absolute atomic E-state index is 12.3. The molecule has 106 valence electrons. The Morgan fingerprint density at radius 2 is 1.84 bits per heavy atom. The second-order valence-electron chi connectivity index (χ2n) is 5.83. The van der Waals surface area contributed by atoms with Gasteiger partial charge in [-0.1, -0.05) is 12.2 Å². The van der Waals surface area contributed by atoms with E-state index in [1.165, 1.54) is 0 Å². The van der Waals surface area contributed by atoms with Crippen molar-refractivity contribution in [1.82, 2.24) is 5.32 Å². The van der Waals surface area contributed by atoms with Gasteiger partial charge in [0.1, 0.15) is 0 Å². The first kappa shape index (κ1) is 14.1. The number of aliphatic carboxylic acids is 1. The van der Waals surface area contributed by atoms with Gasteiger partial charge in [-0.05, 0) is 38.5 Å². The predicted molar refractivity (Wildman–Crippen MR) is 69.3 cm³/mol. The third-order valence-electron chi connectivity index (χ3n) is 4.13. The second-order valence-corrected chi connectivity index (χ2v) is 5.83. The van der Waals surface area contributed by atoms with Crippen molar-refractivity contribution in [2.24, 2.45) is 23.7 Å². The molecule has 0 aromatic carbocycles. The number of hydrogen-bond donors (Lipinski definition) is 3. The van der Waals surface area contributed by atoms with Gasteiger partial charge in [0.05, 0.1) is 17.9 Å². The van der Waals surface area contributed by atoms with Crippen LogP contribution in [0.25, 0.3) is 0 Å². The second kappa shape index (κ2) is 5.33. The Kier molecular flexibility index (Phi) is 3.94. The molecule has 0 spiro atoms. The highest BCUT2D eigenvalue weighted by Gasteiger charge is 2.51.